The third-order valence-corrected chi connectivity index (χ3v) is 4.80. The van der Waals surface area contributed by atoms with Crippen LogP contribution in [0.3, 0.4) is 0 Å². The van der Waals surface area contributed by atoms with Gasteiger partial charge in [0.15, 0.2) is 0 Å². The summed E-state index contributed by atoms with van der Waals surface area (Å²) >= 11 is 3.58. The number of hydrogen-bond donors (Lipinski definition) is 1. The van der Waals surface area contributed by atoms with Crippen LogP contribution in [0.25, 0.3) is 0 Å². The molecule has 0 amide bonds. The molecule has 0 aliphatic carbocycles. The van der Waals surface area contributed by atoms with E-state index in [9.17, 15) is 5.11 Å². The van der Waals surface area contributed by atoms with Crippen molar-refractivity contribution in [2.24, 2.45) is 0 Å². The predicted octanol–water partition coefficient (Wildman–Crippen LogP) is 2.67. The number of rotatable bonds is 2. The van der Waals surface area contributed by atoms with Gasteiger partial charge in [-0.05, 0) is 43.5 Å². The lowest BCUT2D eigenvalue weighted by atomic mass is 9.88. The first-order chi connectivity index (χ1) is 10.1. The maximum Gasteiger partial charge on any atom is 0.113 e. The van der Waals surface area contributed by atoms with Crippen LogP contribution in [0.15, 0.2) is 22.7 Å². The molecule has 0 aromatic heterocycles. The van der Waals surface area contributed by atoms with E-state index in [2.05, 4.69) is 39.9 Å². The molecule has 2 aliphatic rings. The highest BCUT2D eigenvalue weighted by atomic mass is 79.9. The average Bonchev–Trinajstić information content (AvgIpc) is 2.48. The zero-order valence-electron chi connectivity index (χ0n) is 12.3. The molecule has 0 radical (unpaired) electrons. The Bertz CT molecular complexity index is 502. The maximum atomic E-state index is 10.9. The van der Waals surface area contributed by atoms with Crippen LogP contribution in [0, 0.1) is 0 Å². The summed E-state index contributed by atoms with van der Waals surface area (Å²) in [6.45, 7) is 5.66. The molecule has 2 atom stereocenters. The van der Waals surface area contributed by atoms with Gasteiger partial charge < -0.3 is 19.5 Å². The second-order valence-electron chi connectivity index (χ2n) is 6.00. The summed E-state index contributed by atoms with van der Waals surface area (Å²) in [4.78, 5) is 2.34. The highest BCUT2D eigenvalue weighted by Gasteiger charge is 2.33. The van der Waals surface area contributed by atoms with E-state index >= 15 is 0 Å². The molecular formula is C16H22BrNO3. The molecule has 2 heterocycles. The van der Waals surface area contributed by atoms with Crippen molar-refractivity contribution in [1.29, 1.82) is 0 Å². The van der Waals surface area contributed by atoms with E-state index in [4.69, 9.17) is 9.47 Å². The van der Waals surface area contributed by atoms with Crippen molar-refractivity contribution in [3.8, 4) is 0 Å². The second kappa shape index (κ2) is 6.24. The minimum atomic E-state index is -0.869. The van der Waals surface area contributed by atoms with Crippen molar-refractivity contribution < 1.29 is 14.6 Å². The first-order valence-electron chi connectivity index (χ1n) is 7.54. The molecule has 4 nitrogen and oxygen atoms in total. The number of hydrogen-bond acceptors (Lipinski definition) is 4. The van der Waals surface area contributed by atoms with E-state index in [1.165, 1.54) is 0 Å². The third-order valence-electron chi connectivity index (χ3n) is 4.34. The Morgan fingerprint density at radius 1 is 1.29 bits per heavy atom. The van der Waals surface area contributed by atoms with Gasteiger partial charge >= 0.3 is 0 Å². The van der Waals surface area contributed by atoms with Crippen LogP contribution in [0.1, 0.15) is 25.3 Å². The molecule has 0 spiro atoms. The molecule has 0 bridgehead atoms. The Morgan fingerprint density at radius 3 is 2.86 bits per heavy atom. The van der Waals surface area contributed by atoms with E-state index in [0.29, 0.717) is 12.6 Å². The highest BCUT2D eigenvalue weighted by Crippen LogP contribution is 2.35. The summed E-state index contributed by atoms with van der Waals surface area (Å²) in [5.41, 5.74) is 1.20. The second-order valence-corrected chi connectivity index (χ2v) is 6.92. The van der Waals surface area contributed by atoms with Gasteiger partial charge in [-0.25, -0.2) is 0 Å². The molecule has 1 aromatic rings. The zero-order chi connectivity index (χ0) is 14.9. The SMILES string of the molecule is C[C@@H]1COCCN1c1cc(Br)cc(C2(O)CCCOC2)c1. The van der Waals surface area contributed by atoms with Gasteiger partial charge in [-0.15, -0.1) is 0 Å². The summed E-state index contributed by atoms with van der Waals surface area (Å²) in [5, 5.41) is 10.9. The number of nitrogens with zero attached hydrogens (tertiary/aromatic N) is 1. The van der Waals surface area contributed by atoms with Crippen LogP contribution in [0.4, 0.5) is 5.69 Å². The molecule has 2 fully saturated rings. The molecule has 21 heavy (non-hydrogen) atoms. The van der Waals surface area contributed by atoms with Crippen molar-refractivity contribution in [2.75, 3.05) is 37.9 Å². The zero-order valence-corrected chi connectivity index (χ0v) is 13.9. The summed E-state index contributed by atoms with van der Waals surface area (Å²) in [6, 6.07) is 6.56. The number of halogens is 1. The molecule has 3 rings (SSSR count). The quantitative estimate of drug-likeness (QED) is 0.885. The van der Waals surface area contributed by atoms with Gasteiger partial charge in [-0.2, -0.15) is 0 Å². The molecular weight excluding hydrogens is 334 g/mol. The fraction of sp³-hybridized carbons (Fsp3) is 0.625. The molecule has 1 N–H and O–H groups in total. The van der Waals surface area contributed by atoms with Crippen LogP contribution in [0.2, 0.25) is 0 Å². The molecule has 0 saturated carbocycles. The van der Waals surface area contributed by atoms with E-state index in [-0.39, 0.29) is 0 Å². The van der Waals surface area contributed by atoms with E-state index < -0.39 is 5.60 Å². The topological polar surface area (TPSA) is 41.9 Å². The largest absolute Gasteiger partial charge is 0.383 e. The minimum Gasteiger partial charge on any atom is -0.383 e. The van der Waals surface area contributed by atoms with Crippen LogP contribution < -0.4 is 4.90 Å². The monoisotopic (exact) mass is 355 g/mol. The van der Waals surface area contributed by atoms with E-state index in [0.717, 1.165) is 54.9 Å². The van der Waals surface area contributed by atoms with Crippen molar-refractivity contribution in [1.82, 2.24) is 0 Å². The van der Waals surface area contributed by atoms with Gasteiger partial charge in [0.2, 0.25) is 0 Å². The van der Waals surface area contributed by atoms with Gasteiger partial charge in [0.05, 0.1) is 19.8 Å². The molecule has 2 aliphatic heterocycles. The average molecular weight is 356 g/mol. The molecule has 5 heteroatoms. The van der Waals surface area contributed by atoms with Gasteiger partial charge in [0, 0.05) is 29.4 Å². The standard InChI is InChI=1S/C16H22BrNO3/c1-12-10-20-6-4-18(12)15-8-13(7-14(17)9-15)16(19)3-2-5-21-11-16/h7-9,12,19H,2-6,10-11H2,1H3/t12-,16?/m1/s1. The van der Waals surface area contributed by atoms with E-state index in [1.807, 2.05) is 6.07 Å². The number of benzene rings is 1. The van der Waals surface area contributed by atoms with Crippen LogP contribution in [0.5, 0.6) is 0 Å². The Kier molecular flexibility index (Phi) is 4.54. The lowest BCUT2D eigenvalue weighted by Gasteiger charge is -2.37. The lowest BCUT2D eigenvalue weighted by molar-refractivity contribution is -0.0902. The lowest BCUT2D eigenvalue weighted by Crippen LogP contribution is -2.44. The first kappa shape index (κ1) is 15.3. The normalized spacial score (nSPS) is 30.4. The van der Waals surface area contributed by atoms with E-state index in [1.54, 1.807) is 0 Å². The first-order valence-corrected chi connectivity index (χ1v) is 8.33. The summed E-state index contributed by atoms with van der Waals surface area (Å²) in [5.74, 6) is 0. The molecule has 1 aromatic carbocycles. The van der Waals surface area contributed by atoms with Gasteiger partial charge in [0.25, 0.3) is 0 Å². The summed E-state index contributed by atoms with van der Waals surface area (Å²) < 4.78 is 12.0. The smallest absolute Gasteiger partial charge is 0.113 e. The number of anilines is 1. The summed E-state index contributed by atoms with van der Waals surface area (Å²) in [7, 11) is 0. The third kappa shape index (κ3) is 3.26. The fourth-order valence-corrected chi connectivity index (χ4v) is 3.61. The van der Waals surface area contributed by atoms with Gasteiger partial charge in [0.1, 0.15) is 5.60 Å². The Morgan fingerprint density at radius 2 is 2.14 bits per heavy atom. The fourth-order valence-electron chi connectivity index (χ4n) is 3.13. The van der Waals surface area contributed by atoms with Crippen molar-refractivity contribution in [2.45, 2.75) is 31.4 Å². The predicted molar refractivity (Wildman–Crippen MR) is 85.7 cm³/mol. The maximum absolute atomic E-state index is 10.9. The number of aliphatic hydroxyl groups is 1. The van der Waals surface area contributed by atoms with Gasteiger partial charge in [-0.3, -0.25) is 0 Å². The van der Waals surface area contributed by atoms with Crippen molar-refractivity contribution in [3.63, 3.8) is 0 Å². The minimum absolute atomic E-state index is 0.346. The van der Waals surface area contributed by atoms with Gasteiger partial charge in [-0.1, -0.05) is 15.9 Å². The van der Waals surface area contributed by atoms with Crippen LogP contribution in [-0.4, -0.2) is 44.1 Å². The number of morpholine rings is 1. The Balaban J connectivity index is 1.92. The highest BCUT2D eigenvalue weighted by molar-refractivity contribution is 9.10. The molecule has 116 valence electrons. The molecule has 1 unspecified atom stereocenters. The van der Waals surface area contributed by atoms with Crippen LogP contribution >= 0.6 is 15.9 Å². The summed E-state index contributed by atoms with van der Waals surface area (Å²) in [6.07, 6.45) is 1.65. The Hall–Kier alpha value is -0.620. The van der Waals surface area contributed by atoms with Crippen molar-refractivity contribution >= 4 is 21.6 Å². The Labute approximate surface area is 134 Å². The van der Waals surface area contributed by atoms with Crippen LogP contribution in [-0.2, 0) is 15.1 Å². The van der Waals surface area contributed by atoms with Crippen molar-refractivity contribution in [3.05, 3.63) is 28.2 Å². The molecule has 2 saturated heterocycles. The number of ether oxygens (including phenoxy) is 2.